The molecular formula is C17H18N2O2. The van der Waals surface area contributed by atoms with Crippen molar-refractivity contribution in [3.63, 3.8) is 0 Å². The van der Waals surface area contributed by atoms with Crippen LogP contribution in [-0.4, -0.2) is 25.3 Å². The lowest BCUT2D eigenvalue weighted by atomic mass is 9.99. The molecule has 0 atom stereocenters. The minimum absolute atomic E-state index is 0.0981. The van der Waals surface area contributed by atoms with E-state index in [1.165, 1.54) is 0 Å². The number of nitrogens with one attached hydrogen (secondary N) is 2. The quantitative estimate of drug-likeness (QED) is 0.828. The molecule has 21 heavy (non-hydrogen) atoms. The van der Waals surface area contributed by atoms with Gasteiger partial charge in [-0.05, 0) is 26.1 Å². The normalized spacial score (nSPS) is 10.2. The highest BCUT2D eigenvalue weighted by molar-refractivity contribution is 6.14. The van der Waals surface area contributed by atoms with Crippen molar-refractivity contribution in [2.24, 2.45) is 0 Å². The second-order valence-electron chi connectivity index (χ2n) is 4.82. The third kappa shape index (κ3) is 3.77. The summed E-state index contributed by atoms with van der Waals surface area (Å²) in [5.41, 5.74) is 2.62. The molecule has 0 aliphatic carbocycles. The molecule has 0 aliphatic rings. The molecule has 2 aromatic rings. The second-order valence-corrected chi connectivity index (χ2v) is 4.82. The highest BCUT2D eigenvalue weighted by Crippen LogP contribution is 2.21. The molecule has 0 saturated carbocycles. The smallest absolute Gasteiger partial charge is 0.238 e. The SMILES string of the molecule is CNCC(=O)Nc1ccc(C)cc1C(=O)c1ccccc1. The van der Waals surface area contributed by atoms with E-state index in [1.807, 2.05) is 31.2 Å². The van der Waals surface area contributed by atoms with Crippen molar-refractivity contribution in [1.82, 2.24) is 5.32 Å². The van der Waals surface area contributed by atoms with Crippen LogP contribution in [0.5, 0.6) is 0 Å². The van der Waals surface area contributed by atoms with Crippen LogP contribution in [0.4, 0.5) is 5.69 Å². The van der Waals surface area contributed by atoms with Crippen LogP contribution in [0, 0.1) is 6.92 Å². The molecule has 4 heteroatoms. The number of aryl methyl sites for hydroxylation is 1. The Kier molecular flexibility index (Phi) is 4.85. The van der Waals surface area contributed by atoms with E-state index in [0.29, 0.717) is 16.8 Å². The van der Waals surface area contributed by atoms with Gasteiger partial charge in [0.2, 0.25) is 5.91 Å². The lowest BCUT2D eigenvalue weighted by Gasteiger charge is -2.11. The molecular weight excluding hydrogens is 264 g/mol. The van der Waals surface area contributed by atoms with Crippen LogP contribution in [0.1, 0.15) is 21.5 Å². The minimum atomic E-state index is -0.177. The molecule has 0 spiro atoms. The standard InChI is InChI=1S/C17H18N2O2/c1-12-8-9-15(19-16(20)11-18-2)14(10-12)17(21)13-6-4-3-5-7-13/h3-10,18H,11H2,1-2H3,(H,19,20). The maximum absolute atomic E-state index is 12.6. The Morgan fingerprint density at radius 2 is 1.76 bits per heavy atom. The topological polar surface area (TPSA) is 58.2 Å². The molecule has 0 heterocycles. The van der Waals surface area contributed by atoms with Crippen LogP contribution in [0.2, 0.25) is 0 Å². The van der Waals surface area contributed by atoms with Crippen molar-refractivity contribution in [2.45, 2.75) is 6.92 Å². The maximum Gasteiger partial charge on any atom is 0.238 e. The summed E-state index contributed by atoms with van der Waals surface area (Å²) in [6.45, 7) is 2.12. The van der Waals surface area contributed by atoms with E-state index in [1.54, 1.807) is 31.3 Å². The van der Waals surface area contributed by atoms with E-state index < -0.39 is 0 Å². The lowest BCUT2D eigenvalue weighted by molar-refractivity contribution is -0.115. The van der Waals surface area contributed by atoms with Crippen molar-refractivity contribution in [3.05, 3.63) is 65.2 Å². The number of hydrogen-bond donors (Lipinski definition) is 2. The van der Waals surface area contributed by atoms with Gasteiger partial charge in [0.1, 0.15) is 0 Å². The van der Waals surface area contributed by atoms with Gasteiger partial charge in [-0.2, -0.15) is 0 Å². The second kappa shape index (κ2) is 6.81. The summed E-state index contributed by atoms with van der Waals surface area (Å²) < 4.78 is 0. The van der Waals surface area contributed by atoms with Crippen LogP contribution in [0.3, 0.4) is 0 Å². The molecule has 0 fully saturated rings. The van der Waals surface area contributed by atoms with Gasteiger partial charge >= 0.3 is 0 Å². The molecule has 0 aliphatic heterocycles. The number of ketones is 1. The number of hydrogen-bond acceptors (Lipinski definition) is 3. The monoisotopic (exact) mass is 282 g/mol. The summed E-state index contributed by atoms with van der Waals surface area (Å²) in [5.74, 6) is -0.275. The minimum Gasteiger partial charge on any atom is -0.324 e. The van der Waals surface area contributed by atoms with Crippen LogP contribution in [0.15, 0.2) is 48.5 Å². The molecule has 2 N–H and O–H groups in total. The van der Waals surface area contributed by atoms with Crippen LogP contribution in [0.25, 0.3) is 0 Å². The first-order valence-corrected chi connectivity index (χ1v) is 6.76. The molecule has 4 nitrogen and oxygen atoms in total. The predicted molar refractivity (Wildman–Crippen MR) is 83.6 cm³/mol. The fourth-order valence-electron chi connectivity index (χ4n) is 2.05. The average Bonchev–Trinajstić information content (AvgIpc) is 2.49. The number of likely N-dealkylation sites (N-methyl/N-ethyl adjacent to an activating group) is 1. The summed E-state index contributed by atoms with van der Waals surface area (Å²) in [6, 6.07) is 14.5. The Labute approximate surface area is 124 Å². The molecule has 0 radical (unpaired) electrons. The Hall–Kier alpha value is -2.46. The molecule has 0 saturated heterocycles. The Bertz CT molecular complexity index is 651. The summed E-state index contributed by atoms with van der Waals surface area (Å²) in [4.78, 5) is 24.3. The fourth-order valence-corrected chi connectivity index (χ4v) is 2.05. The molecule has 0 aromatic heterocycles. The zero-order valence-corrected chi connectivity index (χ0v) is 12.1. The summed E-state index contributed by atoms with van der Waals surface area (Å²) in [5, 5.41) is 5.55. The lowest BCUT2D eigenvalue weighted by Crippen LogP contribution is -2.26. The summed E-state index contributed by atoms with van der Waals surface area (Å²) in [7, 11) is 1.70. The predicted octanol–water partition coefficient (Wildman–Crippen LogP) is 2.38. The number of carbonyl (C=O) groups is 2. The summed E-state index contributed by atoms with van der Waals surface area (Å²) >= 11 is 0. The van der Waals surface area contributed by atoms with Crippen LogP contribution in [-0.2, 0) is 4.79 Å². The van der Waals surface area contributed by atoms with Gasteiger partial charge in [-0.25, -0.2) is 0 Å². The van der Waals surface area contributed by atoms with Gasteiger partial charge in [0.05, 0.1) is 12.2 Å². The third-order valence-corrected chi connectivity index (χ3v) is 3.07. The highest BCUT2D eigenvalue weighted by atomic mass is 16.2. The molecule has 2 aromatic carbocycles. The van der Waals surface area contributed by atoms with E-state index in [4.69, 9.17) is 0 Å². The molecule has 2 rings (SSSR count). The first-order valence-electron chi connectivity index (χ1n) is 6.76. The van der Waals surface area contributed by atoms with E-state index in [2.05, 4.69) is 10.6 Å². The van der Waals surface area contributed by atoms with Gasteiger partial charge in [0, 0.05) is 11.1 Å². The largest absolute Gasteiger partial charge is 0.324 e. The fraction of sp³-hybridized carbons (Fsp3) is 0.176. The van der Waals surface area contributed by atoms with Gasteiger partial charge in [-0.15, -0.1) is 0 Å². The van der Waals surface area contributed by atoms with Crippen molar-refractivity contribution >= 4 is 17.4 Å². The Morgan fingerprint density at radius 1 is 1.05 bits per heavy atom. The molecule has 0 bridgehead atoms. The van der Waals surface area contributed by atoms with Crippen LogP contribution >= 0.6 is 0 Å². The summed E-state index contributed by atoms with van der Waals surface area (Å²) in [6.07, 6.45) is 0. The maximum atomic E-state index is 12.6. The number of amides is 1. The number of carbonyl (C=O) groups excluding carboxylic acids is 2. The van der Waals surface area contributed by atoms with Crippen LogP contribution < -0.4 is 10.6 Å². The Morgan fingerprint density at radius 3 is 2.43 bits per heavy atom. The van der Waals surface area contributed by atoms with Gasteiger partial charge in [0.15, 0.2) is 5.78 Å². The third-order valence-electron chi connectivity index (χ3n) is 3.07. The van der Waals surface area contributed by atoms with Gasteiger partial charge in [-0.3, -0.25) is 9.59 Å². The van der Waals surface area contributed by atoms with Gasteiger partial charge in [0.25, 0.3) is 0 Å². The van der Waals surface area contributed by atoms with Crippen molar-refractivity contribution in [1.29, 1.82) is 0 Å². The van der Waals surface area contributed by atoms with E-state index >= 15 is 0 Å². The van der Waals surface area contributed by atoms with E-state index in [-0.39, 0.29) is 18.2 Å². The number of anilines is 1. The van der Waals surface area contributed by atoms with Gasteiger partial charge in [-0.1, -0.05) is 42.0 Å². The molecule has 1 amide bonds. The van der Waals surface area contributed by atoms with Crippen molar-refractivity contribution < 1.29 is 9.59 Å². The zero-order chi connectivity index (χ0) is 15.2. The first-order chi connectivity index (χ1) is 10.1. The van der Waals surface area contributed by atoms with E-state index in [0.717, 1.165) is 5.56 Å². The molecule has 0 unspecified atom stereocenters. The Balaban J connectivity index is 2.35. The number of benzene rings is 2. The van der Waals surface area contributed by atoms with Crippen molar-refractivity contribution in [2.75, 3.05) is 18.9 Å². The number of rotatable bonds is 5. The van der Waals surface area contributed by atoms with Crippen molar-refractivity contribution in [3.8, 4) is 0 Å². The first kappa shape index (κ1) is 14.9. The van der Waals surface area contributed by atoms with Gasteiger partial charge < -0.3 is 10.6 Å². The molecule has 108 valence electrons. The average molecular weight is 282 g/mol. The highest BCUT2D eigenvalue weighted by Gasteiger charge is 2.15. The van der Waals surface area contributed by atoms with E-state index in [9.17, 15) is 9.59 Å². The zero-order valence-electron chi connectivity index (χ0n) is 12.1.